The van der Waals surface area contributed by atoms with E-state index in [1.54, 1.807) is 24.3 Å². The third-order valence-corrected chi connectivity index (χ3v) is 4.73. The Hall–Kier alpha value is -3.55. The summed E-state index contributed by atoms with van der Waals surface area (Å²) in [5.74, 6) is -1.04. The highest BCUT2D eigenvalue weighted by Crippen LogP contribution is 2.22. The third-order valence-electron chi connectivity index (χ3n) is 4.73. The molecule has 8 heteroatoms. The molecule has 0 spiro atoms. The van der Waals surface area contributed by atoms with E-state index < -0.39 is 11.9 Å². The molecule has 0 aliphatic rings. The number of unbranched alkanes of at least 4 members (excludes halogenated alkanes) is 2. The summed E-state index contributed by atoms with van der Waals surface area (Å²) in [4.78, 5) is 24.7. The molecule has 0 saturated heterocycles. The van der Waals surface area contributed by atoms with Crippen molar-refractivity contribution in [3.8, 4) is 17.2 Å². The lowest BCUT2D eigenvalue weighted by Crippen LogP contribution is -2.25. The predicted molar refractivity (Wildman–Crippen MR) is 121 cm³/mol. The molecule has 2 aromatic rings. The van der Waals surface area contributed by atoms with E-state index in [1.807, 2.05) is 6.92 Å². The molecule has 0 bridgehead atoms. The molecular weight excluding hydrogens is 412 g/mol. The van der Waals surface area contributed by atoms with E-state index in [4.69, 9.17) is 9.47 Å². The minimum atomic E-state index is -0.548. The number of hydrogen-bond acceptors (Lipinski definition) is 7. The SMILES string of the molecule is CCCCCC(CC)OC(=O)c1ccccc1OCC(=O)N/N=C/c1ccc(O)cc1O. The first-order valence-corrected chi connectivity index (χ1v) is 10.7. The number of amides is 1. The summed E-state index contributed by atoms with van der Waals surface area (Å²) in [7, 11) is 0. The first kappa shape index (κ1) is 24.7. The Labute approximate surface area is 187 Å². The molecule has 1 unspecified atom stereocenters. The van der Waals surface area contributed by atoms with Crippen molar-refractivity contribution in [2.75, 3.05) is 6.61 Å². The van der Waals surface area contributed by atoms with Gasteiger partial charge in [0.15, 0.2) is 6.61 Å². The van der Waals surface area contributed by atoms with Crippen LogP contribution in [0.15, 0.2) is 47.6 Å². The number of para-hydroxylation sites is 1. The van der Waals surface area contributed by atoms with Crippen molar-refractivity contribution >= 4 is 18.1 Å². The lowest BCUT2D eigenvalue weighted by atomic mass is 10.1. The van der Waals surface area contributed by atoms with Gasteiger partial charge in [0.05, 0.1) is 6.21 Å². The zero-order valence-electron chi connectivity index (χ0n) is 18.4. The fourth-order valence-corrected chi connectivity index (χ4v) is 2.94. The normalized spacial score (nSPS) is 11.8. The lowest BCUT2D eigenvalue weighted by molar-refractivity contribution is -0.123. The van der Waals surface area contributed by atoms with Crippen LogP contribution in [-0.4, -0.2) is 41.0 Å². The van der Waals surface area contributed by atoms with Gasteiger partial charge >= 0.3 is 5.97 Å². The fourth-order valence-electron chi connectivity index (χ4n) is 2.94. The Balaban J connectivity index is 1.91. The molecule has 2 aromatic carbocycles. The Kier molecular flexibility index (Phi) is 10.0. The van der Waals surface area contributed by atoms with Crippen LogP contribution in [0.3, 0.4) is 0 Å². The molecule has 2 rings (SSSR count). The van der Waals surface area contributed by atoms with E-state index in [9.17, 15) is 19.8 Å². The van der Waals surface area contributed by atoms with E-state index in [-0.39, 0.29) is 35.5 Å². The molecule has 0 fully saturated rings. The van der Waals surface area contributed by atoms with Crippen LogP contribution in [0.2, 0.25) is 0 Å². The summed E-state index contributed by atoms with van der Waals surface area (Å²) >= 11 is 0. The molecule has 1 amide bonds. The van der Waals surface area contributed by atoms with Gasteiger partial charge in [-0.15, -0.1) is 0 Å². The Bertz CT molecular complexity index is 928. The van der Waals surface area contributed by atoms with Crippen LogP contribution in [0.4, 0.5) is 0 Å². The number of esters is 1. The van der Waals surface area contributed by atoms with Crippen molar-refractivity contribution < 1.29 is 29.3 Å². The van der Waals surface area contributed by atoms with Gasteiger partial charge in [-0.25, -0.2) is 10.2 Å². The Morgan fingerprint density at radius 2 is 1.91 bits per heavy atom. The van der Waals surface area contributed by atoms with Crippen molar-refractivity contribution in [3.63, 3.8) is 0 Å². The lowest BCUT2D eigenvalue weighted by Gasteiger charge is -2.17. The van der Waals surface area contributed by atoms with Gasteiger partial charge in [-0.3, -0.25) is 4.79 Å². The zero-order valence-corrected chi connectivity index (χ0v) is 18.4. The molecule has 1 atom stereocenters. The standard InChI is InChI=1S/C24H30N2O6/c1-3-5-6-9-19(4-2)32-24(30)20-10-7-8-11-22(20)31-16-23(29)26-25-15-17-12-13-18(27)14-21(17)28/h7-8,10-15,19,27-28H,3-6,9,16H2,1-2H3,(H,26,29)/b25-15+. The smallest absolute Gasteiger partial charge is 0.342 e. The maximum atomic E-state index is 12.6. The van der Waals surface area contributed by atoms with Crippen LogP contribution < -0.4 is 10.2 Å². The summed E-state index contributed by atoms with van der Waals surface area (Å²) in [6, 6.07) is 10.6. The number of nitrogens with zero attached hydrogens (tertiary/aromatic N) is 1. The third kappa shape index (κ3) is 7.94. The van der Waals surface area contributed by atoms with Crippen LogP contribution in [0, 0.1) is 0 Å². The molecule has 0 aliphatic carbocycles. The molecule has 0 aromatic heterocycles. The second-order valence-electron chi connectivity index (χ2n) is 7.25. The maximum absolute atomic E-state index is 12.6. The number of phenols is 2. The van der Waals surface area contributed by atoms with Crippen molar-refractivity contribution in [1.29, 1.82) is 0 Å². The van der Waals surface area contributed by atoms with Crippen LogP contribution in [-0.2, 0) is 9.53 Å². The molecule has 172 valence electrons. The number of aromatic hydroxyl groups is 2. The van der Waals surface area contributed by atoms with Gasteiger partial charge in [0, 0.05) is 11.6 Å². The molecule has 32 heavy (non-hydrogen) atoms. The van der Waals surface area contributed by atoms with E-state index >= 15 is 0 Å². The highest BCUT2D eigenvalue weighted by molar-refractivity contribution is 5.92. The van der Waals surface area contributed by atoms with Gasteiger partial charge in [0.2, 0.25) is 0 Å². The fraction of sp³-hybridized carbons (Fsp3) is 0.375. The Morgan fingerprint density at radius 1 is 1.12 bits per heavy atom. The summed E-state index contributed by atoms with van der Waals surface area (Å²) in [6.07, 6.45) is 5.83. The van der Waals surface area contributed by atoms with Gasteiger partial charge in [0.25, 0.3) is 5.91 Å². The number of hydrogen-bond donors (Lipinski definition) is 3. The van der Waals surface area contributed by atoms with Gasteiger partial charge in [-0.05, 0) is 43.5 Å². The topological polar surface area (TPSA) is 117 Å². The summed E-state index contributed by atoms with van der Waals surface area (Å²) in [5.41, 5.74) is 2.85. The number of rotatable bonds is 12. The zero-order chi connectivity index (χ0) is 23.3. The van der Waals surface area contributed by atoms with Crippen LogP contribution in [0.1, 0.15) is 61.9 Å². The van der Waals surface area contributed by atoms with Gasteiger partial charge < -0.3 is 19.7 Å². The number of hydrazone groups is 1. The minimum Gasteiger partial charge on any atom is -0.508 e. The van der Waals surface area contributed by atoms with Crippen LogP contribution >= 0.6 is 0 Å². The van der Waals surface area contributed by atoms with E-state index in [0.29, 0.717) is 5.56 Å². The van der Waals surface area contributed by atoms with Crippen LogP contribution in [0.5, 0.6) is 17.2 Å². The number of carbonyl (C=O) groups is 2. The minimum absolute atomic E-state index is 0.0829. The quantitative estimate of drug-likeness (QED) is 0.197. The van der Waals surface area contributed by atoms with Gasteiger partial charge in [0.1, 0.15) is 28.9 Å². The second kappa shape index (κ2) is 13.0. The molecule has 0 saturated carbocycles. The van der Waals surface area contributed by atoms with E-state index in [0.717, 1.165) is 38.2 Å². The molecule has 3 N–H and O–H groups in total. The van der Waals surface area contributed by atoms with Crippen molar-refractivity contribution in [2.24, 2.45) is 5.10 Å². The Morgan fingerprint density at radius 3 is 2.62 bits per heavy atom. The molecule has 0 aliphatic heterocycles. The molecule has 0 radical (unpaired) electrons. The van der Waals surface area contributed by atoms with Crippen molar-refractivity contribution in [3.05, 3.63) is 53.6 Å². The van der Waals surface area contributed by atoms with Gasteiger partial charge in [-0.2, -0.15) is 5.10 Å². The average molecular weight is 443 g/mol. The highest BCUT2D eigenvalue weighted by Gasteiger charge is 2.18. The number of carbonyl (C=O) groups excluding carboxylic acids is 2. The summed E-state index contributed by atoms with van der Waals surface area (Å²) in [6.45, 7) is 3.74. The summed E-state index contributed by atoms with van der Waals surface area (Å²) < 4.78 is 11.1. The monoisotopic (exact) mass is 442 g/mol. The van der Waals surface area contributed by atoms with Crippen molar-refractivity contribution in [1.82, 2.24) is 5.43 Å². The maximum Gasteiger partial charge on any atom is 0.342 e. The number of phenolic OH excluding ortho intramolecular Hbond substituents is 2. The predicted octanol–water partition coefficient (Wildman–Crippen LogP) is 4.14. The highest BCUT2D eigenvalue weighted by atomic mass is 16.5. The summed E-state index contributed by atoms with van der Waals surface area (Å²) in [5, 5.41) is 22.7. The molecule has 0 heterocycles. The molecule has 8 nitrogen and oxygen atoms in total. The average Bonchev–Trinajstić information content (AvgIpc) is 2.78. The second-order valence-corrected chi connectivity index (χ2v) is 7.25. The molecular formula is C24H30N2O6. The van der Waals surface area contributed by atoms with Crippen molar-refractivity contribution in [2.45, 2.75) is 52.1 Å². The number of nitrogens with one attached hydrogen (secondary N) is 1. The van der Waals surface area contributed by atoms with E-state index in [1.165, 1.54) is 18.3 Å². The van der Waals surface area contributed by atoms with Crippen LogP contribution in [0.25, 0.3) is 0 Å². The first-order valence-electron chi connectivity index (χ1n) is 10.7. The largest absolute Gasteiger partial charge is 0.508 e. The van der Waals surface area contributed by atoms with Gasteiger partial charge in [-0.1, -0.05) is 38.8 Å². The number of ether oxygens (including phenoxy) is 2. The number of benzene rings is 2. The first-order chi connectivity index (χ1) is 15.4. The van der Waals surface area contributed by atoms with E-state index in [2.05, 4.69) is 17.5 Å².